The van der Waals surface area contributed by atoms with Gasteiger partial charge in [-0.1, -0.05) is 23.8 Å². The number of aryl methyl sites for hydroxylation is 1. The Balaban J connectivity index is 2.31. The molecule has 0 fully saturated rings. The minimum Gasteiger partial charge on any atom is -0.393 e. The van der Waals surface area contributed by atoms with Crippen LogP contribution in [0.3, 0.4) is 0 Å². The zero-order valence-electron chi connectivity index (χ0n) is 12.1. The van der Waals surface area contributed by atoms with Crippen LogP contribution in [0.4, 0.5) is 0 Å². The molecule has 6 heteroatoms. The molecule has 1 atom stereocenters. The largest absolute Gasteiger partial charge is 0.393 e. The Hall–Kier alpha value is -1.66. The zero-order valence-corrected chi connectivity index (χ0v) is 12.9. The molecule has 0 saturated heterocycles. The first-order valence-corrected chi connectivity index (χ1v) is 8.27. The molecule has 1 amide bonds. The Kier molecular flexibility index (Phi) is 4.49. The fourth-order valence-corrected chi connectivity index (χ4v) is 3.68. The molecule has 2 rings (SSSR count). The fourth-order valence-electron chi connectivity index (χ4n) is 2.26. The van der Waals surface area contributed by atoms with Crippen LogP contribution in [0.2, 0.25) is 0 Å². The van der Waals surface area contributed by atoms with Crippen molar-refractivity contribution in [3.63, 3.8) is 0 Å². The number of nitrogens with zero attached hydrogens (tertiary/aromatic N) is 1. The van der Waals surface area contributed by atoms with Gasteiger partial charge in [0.05, 0.1) is 11.0 Å². The average Bonchev–Trinajstić information content (AvgIpc) is 2.41. The molecule has 0 aliphatic carbocycles. The maximum absolute atomic E-state index is 12.6. The van der Waals surface area contributed by atoms with Crippen LogP contribution in [-0.4, -0.2) is 36.4 Å². The Morgan fingerprint density at radius 2 is 1.90 bits per heavy atom. The lowest BCUT2D eigenvalue weighted by molar-refractivity contribution is -0.123. The van der Waals surface area contributed by atoms with E-state index in [2.05, 4.69) is 0 Å². The molecule has 1 unspecified atom stereocenters. The fraction of sp³-hybridized carbons (Fsp3) is 0.400. The van der Waals surface area contributed by atoms with Crippen LogP contribution in [0.15, 0.2) is 40.8 Å². The summed E-state index contributed by atoms with van der Waals surface area (Å²) in [7, 11) is -3.84. The van der Waals surface area contributed by atoms with Gasteiger partial charge in [0, 0.05) is 18.5 Å². The van der Waals surface area contributed by atoms with Gasteiger partial charge < -0.3 is 5.11 Å². The number of aliphatic hydroxyl groups is 1. The molecule has 0 saturated carbocycles. The second-order valence-electron chi connectivity index (χ2n) is 5.27. The van der Waals surface area contributed by atoms with Gasteiger partial charge in [0.1, 0.15) is 0 Å². The highest BCUT2D eigenvalue weighted by atomic mass is 32.2. The minimum absolute atomic E-state index is 0.111. The molecule has 0 aromatic heterocycles. The van der Waals surface area contributed by atoms with E-state index in [9.17, 15) is 18.3 Å². The van der Waals surface area contributed by atoms with E-state index < -0.39 is 22.0 Å². The summed E-state index contributed by atoms with van der Waals surface area (Å²) in [5.41, 5.74) is 1.31. The van der Waals surface area contributed by atoms with Crippen LogP contribution in [0, 0.1) is 6.92 Å². The van der Waals surface area contributed by atoms with Gasteiger partial charge in [-0.15, -0.1) is 0 Å². The van der Waals surface area contributed by atoms with E-state index in [0.29, 0.717) is 12.0 Å². The van der Waals surface area contributed by atoms with Crippen molar-refractivity contribution >= 4 is 15.9 Å². The van der Waals surface area contributed by atoms with Gasteiger partial charge in [-0.05, 0) is 32.4 Å². The van der Waals surface area contributed by atoms with Crippen molar-refractivity contribution in [2.24, 2.45) is 0 Å². The Labute approximate surface area is 124 Å². The van der Waals surface area contributed by atoms with Crippen LogP contribution in [-0.2, 0) is 14.8 Å². The van der Waals surface area contributed by atoms with Gasteiger partial charge in [-0.2, -0.15) is 0 Å². The van der Waals surface area contributed by atoms with E-state index in [1.807, 2.05) is 6.92 Å². The SMILES string of the molecule is Cc1ccc(S(=O)(=O)N2CCC=C(CC(C)O)C2=O)cc1. The number of aliphatic hydroxyl groups excluding tert-OH is 1. The number of carbonyl (C=O) groups is 1. The second-order valence-corrected chi connectivity index (χ2v) is 7.13. The van der Waals surface area contributed by atoms with Crippen molar-refractivity contribution in [2.45, 2.75) is 37.7 Å². The first-order valence-electron chi connectivity index (χ1n) is 6.83. The van der Waals surface area contributed by atoms with Gasteiger partial charge >= 0.3 is 0 Å². The second kappa shape index (κ2) is 5.99. The predicted molar refractivity (Wildman–Crippen MR) is 79.1 cm³/mol. The van der Waals surface area contributed by atoms with E-state index in [4.69, 9.17) is 0 Å². The van der Waals surface area contributed by atoms with Crippen molar-refractivity contribution in [3.8, 4) is 0 Å². The van der Waals surface area contributed by atoms with Gasteiger partial charge in [-0.25, -0.2) is 12.7 Å². The molecule has 0 radical (unpaired) electrons. The lowest BCUT2D eigenvalue weighted by atomic mass is 10.0. The molecule has 5 nitrogen and oxygen atoms in total. The van der Waals surface area contributed by atoms with Crippen molar-refractivity contribution < 1.29 is 18.3 Å². The van der Waals surface area contributed by atoms with E-state index in [0.717, 1.165) is 9.87 Å². The molecule has 114 valence electrons. The molecule has 0 spiro atoms. The van der Waals surface area contributed by atoms with Crippen molar-refractivity contribution in [2.75, 3.05) is 6.54 Å². The summed E-state index contributed by atoms with van der Waals surface area (Å²) < 4.78 is 26.0. The maximum Gasteiger partial charge on any atom is 0.266 e. The van der Waals surface area contributed by atoms with E-state index in [1.54, 1.807) is 25.1 Å². The summed E-state index contributed by atoms with van der Waals surface area (Å²) in [6, 6.07) is 6.41. The molecular weight excluding hydrogens is 290 g/mol. The Morgan fingerprint density at radius 3 is 2.48 bits per heavy atom. The number of hydrogen-bond acceptors (Lipinski definition) is 4. The number of hydrogen-bond donors (Lipinski definition) is 1. The summed E-state index contributed by atoms with van der Waals surface area (Å²) in [6.07, 6.45) is 1.66. The van der Waals surface area contributed by atoms with Crippen LogP contribution in [0.25, 0.3) is 0 Å². The molecular formula is C15H19NO4S. The highest BCUT2D eigenvalue weighted by Gasteiger charge is 2.33. The van der Waals surface area contributed by atoms with Crippen LogP contribution in [0.5, 0.6) is 0 Å². The number of sulfonamides is 1. The average molecular weight is 309 g/mol. The van der Waals surface area contributed by atoms with Crippen molar-refractivity contribution in [3.05, 3.63) is 41.5 Å². The summed E-state index contributed by atoms with van der Waals surface area (Å²) >= 11 is 0. The van der Waals surface area contributed by atoms with E-state index >= 15 is 0 Å². The summed E-state index contributed by atoms with van der Waals surface area (Å²) in [5.74, 6) is -0.539. The molecule has 1 aliphatic heterocycles. The lowest BCUT2D eigenvalue weighted by Crippen LogP contribution is -2.41. The monoisotopic (exact) mass is 309 g/mol. The molecule has 0 bridgehead atoms. The summed E-state index contributed by atoms with van der Waals surface area (Å²) in [6.45, 7) is 3.58. The first kappa shape index (κ1) is 15.7. The first-order chi connectivity index (χ1) is 9.82. The smallest absolute Gasteiger partial charge is 0.266 e. The Morgan fingerprint density at radius 1 is 1.29 bits per heavy atom. The van der Waals surface area contributed by atoms with Gasteiger partial charge in [0.25, 0.3) is 15.9 Å². The van der Waals surface area contributed by atoms with Gasteiger partial charge in [-0.3, -0.25) is 4.79 Å². The quantitative estimate of drug-likeness (QED) is 0.917. The number of rotatable bonds is 4. The lowest BCUT2D eigenvalue weighted by Gasteiger charge is -2.27. The van der Waals surface area contributed by atoms with Crippen molar-refractivity contribution in [1.29, 1.82) is 0 Å². The van der Waals surface area contributed by atoms with Gasteiger partial charge in [0.15, 0.2) is 0 Å². The summed E-state index contributed by atoms with van der Waals surface area (Å²) in [4.78, 5) is 12.4. The third-order valence-corrected chi connectivity index (χ3v) is 5.15. The normalized spacial score (nSPS) is 17.6. The molecule has 1 heterocycles. The topological polar surface area (TPSA) is 74.7 Å². The molecule has 1 aromatic carbocycles. The highest BCUT2D eigenvalue weighted by Crippen LogP contribution is 2.24. The maximum atomic E-state index is 12.6. The zero-order chi connectivity index (χ0) is 15.6. The van der Waals surface area contributed by atoms with Gasteiger partial charge in [0.2, 0.25) is 0 Å². The third-order valence-electron chi connectivity index (χ3n) is 3.35. The number of amides is 1. The molecule has 1 aromatic rings. The van der Waals surface area contributed by atoms with E-state index in [1.165, 1.54) is 12.1 Å². The standard InChI is InChI=1S/C15H19NO4S/c1-11-5-7-14(8-6-11)21(19,20)16-9-3-4-13(15(16)18)10-12(2)17/h4-8,12,17H,3,9-10H2,1-2H3. The minimum atomic E-state index is -3.84. The highest BCUT2D eigenvalue weighted by molar-refractivity contribution is 7.89. The number of benzene rings is 1. The van der Waals surface area contributed by atoms with E-state index in [-0.39, 0.29) is 17.9 Å². The summed E-state index contributed by atoms with van der Waals surface area (Å²) in [5, 5.41) is 9.40. The number of carbonyl (C=O) groups excluding carboxylic acids is 1. The van der Waals surface area contributed by atoms with Crippen LogP contribution in [0.1, 0.15) is 25.3 Å². The van der Waals surface area contributed by atoms with Crippen molar-refractivity contribution in [1.82, 2.24) is 4.31 Å². The molecule has 1 aliphatic rings. The molecule has 1 N–H and O–H groups in total. The van der Waals surface area contributed by atoms with Crippen LogP contribution >= 0.6 is 0 Å². The molecule has 21 heavy (non-hydrogen) atoms. The third kappa shape index (κ3) is 3.33. The Bertz CT molecular complexity index is 659. The predicted octanol–water partition coefficient (Wildman–Crippen LogP) is 1.61. The van der Waals surface area contributed by atoms with Crippen LogP contribution < -0.4 is 0 Å².